The monoisotopic (exact) mass is 445 g/mol. The third kappa shape index (κ3) is 4.09. The van der Waals surface area contributed by atoms with Gasteiger partial charge in [0.05, 0.1) is 16.8 Å². The quantitative estimate of drug-likeness (QED) is 0.500. The number of hydrogen-bond acceptors (Lipinski definition) is 3. The lowest BCUT2D eigenvalue weighted by atomic mass is 9.88. The third-order valence-electron chi connectivity index (χ3n) is 4.79. The average molecular weight is 447 g/mol. The van der Waals surface area contributed by atoms with Gasteiger partial charge in [0.1, 0.15) is 0 Å². The summed E-state index contributed by atoms with van der Waals surface area (Å²) in [5, 5.41) is 4.66. The Hall–Kier alpha value is -2.11. The fraction of sp³-hybridized carbons (Fsp3) is 0.238. The van der Waals surface area contributed by atoms with Crippen molar-refractivity contribution in [1.29, 1.82) is 0 Å². The highest BCUT2D eigenvalue weighted by atomic mass is 79.9. The molecule has 1 aliphatic heterocycles. The minimum atomic E-state index is -0.279. The van der Waals surface area contributed by atoms with Crippen LogP contribution in [0.4, 0.5) is 5.69 Å². The number of nitrogens with zero attached hydrogens (tertiary/aromatic N) is 2. The number of fused-ring (bicyclic) bond motifs is 1. The number of carbonyl (C=O) groups excluding carboxylic acids is 1. The van der Waals surface area contributed by atoms with E-state index >= 15 is 0 Å². The fourth-order valence-electron chi connectivity index (χ4n) is 3.14. The summed E-state index contributed by atoms with van der Waals surface area (Å²) >= 11 is 9.82. The normalized spacial score (nSPS) is 15.5. The molecule has 1 heterocycles. The molecule has 0 spiro atoms. The number of nitrogens with one attached hydrogen (secondary N) is 1. The van der Waals surface area contributed by atoms with Crippen LogP contribution in [0.3, 0.4) is 0 Å². The first-order valence-electron chi connectivity index (χ1n) is 8.55. The molecule has 27 heavy (non-hydrogen) atoms. The summed E-state index contributed by atoms with van der Waals surface area (Å²) in [5.41, 5.74) is 7.14. The van der Waals surface area contributed by atoms with Gasteiger partial charge < -0.3 is 4.90 Å². The Bertz CT molecular complexity index is 966. The number of hydrazone groups is 1. The second-order valence-electron chi connectivity index (χ2n) is 7.14. The maximum Gasteiger partial charge on any atom is 0.271 e. The average Bonchev–Trinajstić information content (AvgIpc) is 2.60. The van der Waals surface area contributed by atoms with Crippen LogP contribution < -0.4 is 10.3 Å². The first-order chi connectivity index (χ1) is 12.7. The molecule has 0 bridgehead atoms. The highest BCUT2D eigenvalue weighted by Gasteiger charge is 2.29. The summed E-state index contributed by atoms with van der Waals surface area (Å²) in [5.74, 6) is -0.279. The summed E-state index contributed by atoms with van der Waals surface area (Å²) in [6.07, 6.45) is 3.81. The van der Waals surface area contributed by atoms with Gasteiger partial charge in [0, 0.05) is 33.9 Å². The molecule has 140 valence electrons. The predicted molar refractivity (Wildman–Crippen MR) is 117 cm³/mol. The van der Waals surface area contributed by atoms with E-state index < -0.39 is 0 Å². The maximum absolute atomic E-state index is 12.2. The van der Waals surface area contributed by atoms with Crippen LogP contribution in [0.15, 0.2) is 52.0 Å². The molecule has 0 aliphatic carbocycles. The van der Waals surface area contributed by atoms with Crippen LogP contribution in [0.25, 0.3) is 5.57 Å². The summed E-state index contributed by atoms with van der Waals surface area (Å²) in [7, 11) is 2.06. The first-order valence-corrected chi connectivity index (χ1v) is 9.72. The van der Waals surface area contributed by atoms with Crippen LogP contribution in [0.1, 0.15) is 42.3 Å². The number of halogens is 2. The van der Waals surface area contributed by atoms with Crippen LogP contribution in [-0.4, -0.2) is 24.7 Å². The van der Waals surface area contributed by atoms with E-state index in [0.717, 1.165) is 21.3 Å². The number of hydrogen-bond donors (Lipinski definition) is 1. The molecule has 4 nitrogen and oxygen atoms in total. The molecule has 3 rings (SSSR count). The van der Waals surface area contributed by atoms with Crippen LogP contribution in [0.2, 0.25) is 5.02 Å². The summed E-state index contributed by atoms with van der Waals surface area (Å²) in [6.45, 7) is 6.43. The van der Waals surface area contributed by atoms with Crippen molar-refractivity contribution in [2.24, 2.45) is 5.10 Å². The van der Waals surface area contributed by atoms with Crippen LogP contribution in [0.5, 0.6) is 0 Å². The van der Waals surface area contributed by atoms with E-state index in [9.17, 15) is 4.79 Å². The lowest BCUT2D eigenvalue weighted by molar-refractivity contribution is 0.0955. The number of likely N-dealkylation sites (N-methyl/N-ethyl adjacent to an activating group) is 1. The molecule has 1 amide bonds. The van der Waals surface area contributed by atoms with Gasteiger partial charge in [-0.15, -0.1) is 0 Å². The SMILES string of the molecule is CC1=CC(C)(C)N(C)c2cc(Cl)c(/C=N\NC(=O)c3cccc(Br)c3)cc21. The molecule has 1 aliphatic rings. The standard InChI is InChI=1S/C21H21BrClN3O/c1-13-11-21(2,3)26(4)19-10-18(23)15(9-17(13)19)12-24-25-20(27)14-6-5-7-16(22)8-14/h5-12H,1-4H3,(H,25,27)/b24-12-. The predicted octanol–water partition coefficient (Wildman–Crippen LogP) is 5.50. The maximum atomic E-state index is 12.2. The van der Waals surface area contributed by atoms with Crippen LogP contribution >= 0.6 is 27.5 Å². The molecule has 0 radical (unpaired) electrons. The van der Waals surface area contributed by atoms with Crippen molar-refractivity contribution < 1.29 is 4.79 Å². The minimum Gasteiger partial charge on any atom is -0.365 e. The summed E-state index contributed by atoms with van der Waals surface area (Å²) in [4.78, 5) is 14.4. The molecule has 2 aromatic rings. The van der Waals surface area contributed by atoms with Crippen molar-refractivity contribution in [3.05, 3.63) is 68.7 Å². The summed E-state index contributed by atoms with van der Waals surface area (Å²) < 4.78 is 0.839. The topological polar surface area (TPSA) is 44.7 Å². The van der Waals surface area contributed by atoms with Crippen molar-refractivity contribution in [3.8, 4) is 0 Å². The Labute approximate surface area is 173 Å². The Morgan fingerprint density at radius 1 is 1.30 bits per heavy atom. The van der Waals surface area contributed by atoms with E-state index in [1.54, 1.807) is 24.4 Å². The minimum absolute atomic E-state index is 0.0754. The van der Waals surface area contributed by atoms with E-state index in [0.29, 0.717) is 10.6 Å². The van der Waals surface area contributed by atoms with Crippen molar-refractivity contribution in [2.45, 2.75) is 26.3 Å². The highest BCUT2D eigenvalue weighted by molar-refractivity contribution is 9.10. The van der Waals surface area contributed by atoms with Gasteiger partial charge in [-0.3, -0.25) is 4.79 Å². The Morgan fingerprint density at radius 3 is 2.74 bits per heavy atom. The van der Waals surface area contributed by atoms with Gasteiger partial charge in [0.2, 0.25) is 0 Å². The van der Waals surface area contributed by atoms with Crippen LogP contribution in [0, 0.1) is 0 Å². The van der Waals surface area contributed by atoms with E-state index in [-0.39, 0.29) is 11.4 Å². The van der Waals surface area contributed by atoms with E-state index in [1.807, 2.05) is 18.2 Å². The van der Waals surface area contributed by atoms with E-state index in [2.05, 4.69) is 65.3 Å². The van der Waals surface area contributed by atoms with Gasteiger partial charge in [-0.2, -0.15) is 5.10 Å². The second-order valence-corrected chi connectivity index (χ2v) is 8.46. The largest absolute Gasteiger partial charge is 0.365 e. The van der Waals surface area contributed by atoms with Gasteiger partial charge >= 0.3 is 0 Å². The number of allylic oxidation sites excluding steroid dienone is 1. The number of benzene rings is 2. The van der Waals surface area contributed by atoms with Crippen molar-refractivity contribution in [1.82, 2.24) is 5.43 Å². The van der Waals surface area contributed by atoms with Gasteiger partial charge in [0.25, 0.3) is 5.91 Å². The smallest absolute Gasteiger partial charge is 0.271 e. The fourth-order valence-corrected chi connectivity index (χ4v) is 3.75. The number of anilines is 1. The van der Waals surface area contributed by atoms with Gasteiger partial charge in [-0.05, 0) is 56.7 Å². The third-order valence-corrected chi connectivity index (χ3v) is 5.61. The molecule has 1 N–H and O–H groups in total. The zero-order chi connectivity index (χ0) is 19.8. The van der Waals surface area contributed by atoms with Gasteiger partial charge in [-0.1, -0.05) is 39.7 Å². The number of carbonyl (C=O) groups is 1. The molecule has 6 heteroatoms. The number of amides is 1. The second kappa shape index (κ2) is 7.49. The molecule has 0 aromatic heterocycles. The lowest BCUT2D eigenvalue weighted by Gasteiger charge is -2.40. The zero-order valence-corrected chi connectivity index (χ0v) is 18.0. The molecule has 2 aromatic carbocycles. The molecule has 0 fully saturated rings. The lowest BCUT2D eigenvalue weighted by Crippen LogP contribution is -2.42. The Morgan fingerprint density at radius 2 is 2.04 bits per heavy atom. The van der Waals surface area contributed by atoms with E-state index in [4.69, 9.17) is 11.6 Å². The van der Waals surface area contributed by atoms with Crippen molar-refractivity contribution in [2.75, 3.05) is 11.9 Å². The Balaban J connectivity index is 1.83. The summed E-state index contributed by atoms with van der Waals surface area (Å²) in [6, 6.07) is 11.1. The van der Waals surface area contributed by atoms with Crippen LogP contribution in [-0.2, 0) is 0 Å². The molecule has 0 saturated heterocycles. The molecule has 0 unspecified atom stereocenters. The Kier molecular flexibility index (Phi) is 5.45. The van der Waals surface area contributed by atoms with Crippen molar-refractivity contribution >= 4 is 50.9 Å². The van der Waals surface area contributed by atoms with E-state index in [1.165, 1.54) is 5.57 Å². The molecular formula is C21H21BrClN3O. The highest BCUT2D eigenvalue weighted by Crippen LogP contribution is 2.40. The first kappa shape index (κ1) is 19.6. The van der Waals surface area contributed by atoms with Gasteiger partial charge in [-0.25, -0.2) is 5.43 Å². The number of rotatable bonds is 3. The zero-order valence-electron chi connectivity index (χ0n) is 15.7. The molecular weight excluding hydrogens is 426 g/mol. The molecule has 0 saturated carbocycles. The molecule has 0 atom stereocenters. The van der Waals surface area contributed by atoms with Crippen molar-refractivity contribution in [3.63, 3.8) is 0 Å². The van der Waals surface area contributed by atoms with Gasteiger partial charge in [0.15, 0.2) is 0 Å².